The van der Waals surface area contributed by atoms with Crippen molar-refractivity contribution in [2.45, 2.75) is 58.0 Å². The van der Waals surface area contributed by atoms with Crippen molar-refractivity contribution in [2.24, 2.45) is 0 Å². The van der Waals surface area contributed by atoms with E-state index in [1.165, 1.54) is 30.6 Å². The highest BCUT2D eigenvalue weighted by Gasteiger charge is 2.25. The first kappa shape index (κ1) is 15.1. The Kier molecular flexibility index (Phi) is 4.86. The van der Waals surface area contributed by atoms with E-state index in [-0.39, 0.29) is 11.9 Å². The number of nitrogens with zero attached hydrogens (tertiary/aromatic N) is 2. The molecule has 3 N–H and O–H groups in total. The number of thiazole rings is 1. The molecule has 0 atom stereocenters. The number of amides is 1. The second kappa shape index (κ2) is 6.43. The fourth-order valence-electron chi connectivity index (χ4n) is 2.44. The van der Waals surface area contributed by atoms with Gasteiger partial charge in [0, 0.05) is 19.1 Å². The molecule has 0 aromatic carbocycles. The molecular formula is C14H24N4OS. The van der Waals surface area contributed by atoms with Gasteiger partial charge in [0.05, 0.1) is 0 Å². The number of carbonyl (C=O) groups excluding carboxylic acids is 1. The van der Waals surface area contributed by atoms with Crippen LogP contribution in [0.3, 0.4) is 0 Å². The van der Waals surface area contributed by atoms with Crippen LogP contribution in [0, 0.1) is 0 Å². The lowest BCUT2D eigenvalue weighted by molar-refractivity contribution is 0.0729. The number of rotatable bonds is 6. The Labute approximate surface area is 124 Å². The highest BCUT2D eigenvalue weighted by atomic mass is 32.1. The van der Waals surface area contributed by atoms with Crippen LogP contribution >= 0.6 is 11.3 Å². The summed E-state index contributed by atoms with van der Waals surface area (Å²) in [5.74, 6) is 0.329. The molecule has 6 heteroatoms. The second-order valence-electron chi connectivity index (χ2n) is 5.39. The van der Waals surface area contributed by atoms with Crippen LogP contribution in [0.2, 0.25) is 0 Å². The Morgan fingerprint density at radius 2 is 2.15 bits per heavy atom. The fraction of sp³-hybridized carbons (Fsp3) is 0.714. The van der Waals surface area contributed by atoms with Gasteiger partial charge in [-0.3, -0.25) is 4.79 Å². The zero-order valence-electron chi connectivity index (χ0n) is 12.5. The first-order valence-corrected chi connectivity index (χ1v) is 8.18. The normalized spacial score (nSPS) is 15.2. The van der Waals surface area contributed by atoms with Gasteiger partial charge >= 0.3 is 0 Å². The van der Waals surface area contributed by atoms with E-state index in [1.54, 1.807) is 4.90 Å². The van der Waals surface area contributed by atoms with Crippen molar-refractivity contribution in [3.63, 3.8) is 0 Å². The summed E-state index contributed by atoms with van der Waals surface area (Å²) in [6.45, 7) is 4.19. The minimum absolute atomic E-state index is 0.0182. The van der Waals surface area contributed by atoms with Gasteiger partial charge < -0.3 is 16.0 Å². The molecule has 2 rings (SSSR count). The number of carbonyl (C=O) groups is 1. The van der Waals surface area contributed by atoms with E-state index in [0.29, 0.717) is 16.7 Å². The number of anilines is 2. The summed E-state index contributed by atoms with van der Waals surface area (Å²) in [4.78, 5) is 19.1. The molecule has 0 spiro atoms. The Morgan fingerprint density at radius 1 is 1.50 bits per heavy atom. The van der Waals surface area contributed by atoms with Gasteiger partial charge in [0.2, 0.25) is 0 Å². The van der Waals surface area contributed by atoms with E-state index in [4.69, 9.17) is 5.73 Å². The minimum atomic E-state index is -0.0182. The maximum absolute atomic E-state index is 12.5. The van der Waals surface area contributed by atoms with Gasteiger partial charge in [0.15, 0.2) is 5.13 Å². The summed E-state index contributed by atoms with van der Waals surface area (Å²) in [6, 6.07) is 0.757. The predicted octanol–water partition coefficient (Wildman–Crippen LogP) is 2.95. The van der Waals surface area contributed by atoms with Crippen molar-refractivity contribution in [1.82, 2.24) is 9.88 Å². The quantitative estimate of drug-likeness (QED) is 0.846. The number of nitrogen functional groups attached to an aromatic ring is 1. The van der Waals surface area contributed by atoms with Crippen molar-refractivity contribution in [3.05, 3.63) is 4.88 Å². The molecule has 0 saturated heterocycles. The monoisotopic (exact) mass is 296 g/mol. The minimum Gasteiger partial charge on any atom is -0.382 e. The fourth-order valence-corrected chi connectivity index (χ4v) is 3.38. The molecule has 1 saturated carbocycles. The maximum Gasteiger partial charge on any atom is 0.267 e. The Morgan fingerprint density at radius 3 is 2.65 bits per heavy atom. The van der Waals surface area contributed by atoms with Crippen LogP contribution in [0.25, 0.3) is 0 Å². The van der Waals surface area contributed by atoms with Gasteiger partial charge in [-0.25, -0.2) is 4.98 Å². The van der Waals surface area contributed by atoms with Crippen LogP contribution in [0.1, 0.15) is 55.6 Å². The molecule has 1 aromatic heterocycles. The average molecular weight is 296 g/mol. The van der Waals surface area contributed by atoms with Gasteiger partial charge in [0.25, 0.3) is 5.91 Å². The van der Waals surface area contributed by atoms with E-state index in [2.05, 4.69) is 24.1 Å². The molecular weight excluding hydrogens is 272 g/mol. The molecule has 0 bridgehead atoms. The topological polar surface area (TPSA) is 71.2 Å². The molecule has 5 nitrogen and oxygen atoms in total. The second-order valence-corrected chi connectivity index (χ2v) is 6.39. The molecule has 112 valence electrons. The number of nitrogens with two attached hydrogens (primary N) is 1. The van der Waals surface area contributed by atoms with Crippen LogP contribution in [0.4, 0.5) is 10.9 Å². The summed E-state index contributed by atoms with van der Waals surface area (Å²) in [5, 5.41) is 4.12. The van der Waals surface area contributed by atoms with Gasteiger partial charge in [-0.1, -0.05) is 25.2 Å². The standard InChI is InChI=1S/C14H24N4OS/c1-4-10(5-2)18(3)13(19)11-12(15)17-14(20-11)16-9-7-6-8-9/h9-10H,4-8,15H2,1-3H3,(H,16,17). The van der Waals surface area contributed by atoms with Crippen LogP contribution in [0.5, 0.6) is 0 Å². The summed E-state index contributed by atoms with van der Waals surface area (Å²) >= 11 is 1.37. The molecule has 1 aromatic rings. The van der Waals surface area contributed by atoms with E-state index in [9.17, 15) is 4.79 Å². The maximum atomic E-state index is 12.5. The molecule has 1 aliphatic carbocycles. The van der Waals surface area contributed by atoms with E-state index in [1.807, 2.05) is 7.05 Å². The molecule has 0 unspecified atom stereocenters. The Hall–Kier alpha value is -1.30. The third-order valence-corrected chi connectivity index (χ3v) is 5.08. The summed E-state index contributed by atoms with van der Waals surface area (Å²) in [6.07, 6.45) is 5.52. The van der Waals surface area contributed by atoms with E-state index >= 15 is 0 Å². The lowest BCUT2D eigenvalue weighted by atomic mass is 9.93. The van der Waals surface area contributed by atoms with Crippen molar-refractivity contribution < 1.29 is 4.79 Å². The molecule has 0 radical (unpaired) electrons. The molecule has 1 amide bonds. The summed E-state index contributed by atoms with van der Waals surface area (Å²) < 4.78 is 0. The largest absolute Gasteiger partial charge is 0.382 e. The number of aromatic nitrogens is 1. The molecule has 1 fully saturated rings. The number of hydrogen-bond acceptors (Lipinski definition) is 5. The zero-order valence-corrected chi connectivity index (χ0v) is 13.3. The Balaban J connectivity index is 2.08. The van der Waals surface area contributed by atoms with Gasteiger partial charge in [-0.2, -0.15) is 0 Å². The van der Waals surface area contributed by atoms with Crippen molar-refractivity contribution in [3.8, 4) is 0 Å². The lowest BCUT2D eigenvalue weighted by Crippen LogP contribution is -2.36. The van der Waals surface area contributed by atoms with Gasteiger partial charge in [0.1, 0.15) is 10.7 Å². The molecule has 20 heavy (non-hydrogen) atoms. The van der Waals surface area contributed by atoms with Crippen LogP contribution < -0.4 is 11.1 Å². The van der Waals surface area contributed by atoms with E-state index < -0.39 is 0 Å². The average Bonchev–Trinajstić information content (AvgIpc) is 2.75. The van der Waals surface area contributed by atoms with Crippen LogP contribution in [0.15, 0.2) is 0 Å². The Bertz CT molecular complexity index is 466. The number of nitrogens with one attached hydrogen (secondary N) is 1. The highest BCUT2D eigenvalue weighted by molar-refractivity contribution is 7.18. The molecule has 1 aliphatic rings. The molecule has 1 heterocycles. The van der Waals surface area contributed by atoms with Gasteiger partial charge in [-0.15, -0.1) is 0 Å². The van der Waals surface area contributed by atoms with Crippen molar-refractivity contribution in [1.29, 1.82) is 0 Å². The first-order valence-electron chi connectivity index (χ1n) is 7.36. The third kappa shape index (κ3) is 3.06. The van der Waals surface area contributed by atoms with Crippen LogP contribution in [-0.4, -0.2) is 34.9 Å². The van der Waals surface area contributed by atoms with Crippen molar-refractivity contribution in [2.75, 3.05) is 18.1 Å². The van der Waals surface area contributed by atoms with E-state index in [0.717, 1.165) is 18.0 Å². The first-order chi connectivity index (χ1) is 9.56. The van der Waals surface area contributed by atoms with Crippen LogP contribution in [-0.2, 0) is 0 Å². The summed E-state index contributed by atoms with van der Waals surface area (Å²) in [5.41, 5.74) is 5.91. The highest BCUT2D eigenvalue weighted by Crippen LogP contribution is 2.30. The lowest BCUT2D eigenvalue weighted by Gasteiger charge is -2.26. The summed E-state index contributed by atoms with van der Waals surface area (Å²) in [7, 11) is 1.85. The molecule has 0 aliphatic heterocycles. The van der Waals surface area contributed by atoms with Crippen molar-refractivity contribution >= 4 is 28.2 Å². The smallest absolute Gasteiger partial charge is 0.267 e. The zero-order chi connectivity index (χ0) is 14.7. The SMILES string of the molecule is CCC(CC)N(C)C(=O)c1sc(NC2CCC2)nc1N. The number of hydrogen-bond donors (Lipinski definition) is 2. The van der Waals surface area contributed by atoms with Gasteiger partial charge in [-0.05, 0) is 32.1 Å². The predicted molar refractivity (Wildman–Crippen MR) is 84.3 cm³/mol. The third-order valence-electron chi connectivity index (χ3n) is 4.09.